The number of nitrogens with two attached hydrogens (primary N) is 3. The van der Waals surface area contributed by atoms with Crippen LogP contribution in [0.2, 0.25) is 0 Å². The fourth-order valence-electron chi connectivity index (χ4n) is 0.715. The molecule has 1 aromatic heterocycles. The molecule has 0 bridgehead atoms. The van der Waals surface area contributed by atoms with Gasteiger partial charge in [-0.05, 0) is 0 Å². The van der Waals surface area contributed by atoms with Gasteiger partial charge in [-0.2, -0.15) is 0 Å². The highest BCUT2D eigenvalue weighted by molar-refractivity contribution is 5.73. The lowest BCUT2D eigenvalue weighted by Crippen LogP contribution is -2.32. The van der Waals surface area contributed by atoms with E-state index in [1.165, 1.54) is 6.33 Å². The van der Waals surface area contributed by atoms with Gasteiger partial charge in [0.15, 0.2) is 0 Å². The number of imidazole rings is 1. The summed E-state index contributed by atoms with van der Waals surface area (Å²) in [7, 11) is 0. The van der Waals surface area contributed by atoms with E-state index < -0.39 is 23.9 Å². The quantitative estimate of drug-likeness (QED) is 0.301. The van der Waals surface area contributed by atoms with Gasteiger partial charge >= 0.3 is 17.9 Å². The summed E-state index contributed by atoms with van der Waals surface area (Å²) in [5, 5.41) is 23.6. The molecule has 0 amide bonds. The first-order valence-electron chi connectivity index (χ1n) is 5.54. The van der Waals surface area contributed by atoms with Crippen LogP contribution in [0.1, 0.15) is 5.69 Å². The van der Waals surface area contributed by atoms with Crippen LogP contribution in [-0.4, -0.2) is 62.3 Å². The van der Waals surface area contributed by atoms with Gasteiger partial charge < -0.3 is 37.5 Å². The van der Waals surface area contributed by atoms with Crippen molar-refractivity contribution < 1.29 is 29.7 Å². The summed E-state index contributed by atoms with van der Waals surface area (Å²) in [5.74, 6) is -2.94. The number of carboxylic acid groups (broad SMARTS) is 3. The van der Waals surface area contributed by atoms with Crippen LogP contribution in [0.25, 0.3) is 0 Å². The highest BCUT2D eigenvalue weighted by Gasteiger charge is 2.12. The molecule has 0 aliphatic rings. The molecule has 21 heavy (non-hydrogen) atoms. The Kier molecular flexibility index (Phi) is 12.4. The molecule has 1 rings (SSSR count). The summed E-state index contributed by atoms with van der Waals surface area (Å²) in [6.45, 7) is -0.556. The average molecular weight is 305 g/mol. The lowest BCUT2D eigenvalue weighted by Gasteiger charge is -2.01. The van der Waals surface area contributed by atoms with Gasteiger partial charge in [0.2, 0.25) is 0 Å². The van der Waals surface area contributed by atoms with E-state index in [1.807, 2.05) is 0 Å². The maximum atomic E-state index is 10.3. The van der Waals surface area contributed by atoms with Gasteiger partial charge in [-0.3, -0.25) is 14.4 Å². The molecular weight excluding hydrogens is 286 g/mol. The largest absolute Gasteiger partial charge is 0.480 e. The topological polar surface area (TPSA) is 219 Å². The van der Waals surface area contributed by atoms with E-state index in [9.17, 15) is 14.4 Å². The minimum Gasteiger partial charge on any atom is -0.480 e. The monoisotopic (exact) mass is 305 g/mol. The summed E-state index contributed by atoms with van der Waals surface area (Å²) in [6, 6.07) is -0.863. The highest BCUT2D eigenvalue weighted by atomic mass is 16.4. The van der Waals surface area contributed by atoms with E-state index in [0.717, 1.165) is 0 Å². The first kappa shape index (κ1) is 20.8. The first-order chi connectivity index (χ1) is 9.74. The predicted molar refractivity (Wildman–Crippen MR) is 71.3 cm³/mol. The molecule has 0 aliphatic heterocycles. The SMILES string of the molecule is NCC(=O)O.NCC(=O)O.N[C@@H](Cc1c[nH]cn1)C(=O)O. The lowest BCUT2D eigenvalue weighted by atomic mass is 10.2. The molecule has 0 saturated carbocycles. The van der Waals surface area contributed by atoms with Crippen LogP contribution in [0.5, 0.6) is 0 Å². The van der Waals surface area contributed by atoms with Crippen LogP contribution in [0.4, 0.5) is 0 Å². The van der Waals surface area contributed by atoms with Crippen LogP contribution in [0.15, 0.2) is 12.5 Å². The fraction of sp³-hybridized carbons (Fsp3) is 0.400. The zero-order valence-electron chi connectivity index (χ0n) is 11.1. The molecule has 0 spiro atoms. The maximum Gasteiger partial charge on any atom is 0.320 e. The maximum absolute atomic E-state index is 10.3. The zero-order valence-corrected chi connectivity index (χ0v) is 11.1. The Hall–Kier alpha value is -2.50. The number of hydrogen-bond donors (Lipinski definition) is 7. The number of hydrogen-bond acceptors (Lipinski definition) is 7. The third-order valence-electron chi connectivity index (χ3n) is 1.65. The molecule has 1 heterocycles. The van der Waals surface area contributed by atoms with Crippen LogP contribution >= 0.6 is 0 Å². The summed E-state index contributed by atoms with van der Waals surface area (Å²) in [5.41, 5.74) is 15.1. The molecule has 11 nitrogen and oxygen atoms in total. The number of carbonyl (C=O) groups is 3. The Balaban J connectivity index is 0. The third-order valence-corrected chi connectivity index (χ3v) is 1.65. The number of nitrogens with one attached hydrogen (secondary N) is 1. The Morgan fingerprint density at radius 2 is 1.57 bits per heavy atom. The molecule has 11 heteroatoms. The second-order valence-electron chi connectivity index (χ2n) is 3.41. The van der Waals surface area contributed by atoms with E-state index in [2.05, 4.69) is 21.4 Å². The standard InChI is InChI=1S/C6H9N3O2.2C2H5NO2/c7-5(6(10)11)1-4-2-8-3-9-4;2*3-1-2(4)5/h2-3,5H,1,7H2,(H,8,9)(H,10,11);2*1,3H2,(H,4,5)/t5-;;/m0../s1. The summed E-state index contributed by atoms with van der Waals surface area (Å²) < 4.78 is 0. The van der Waals surface area contributed by atoms with Crippen LogP contribution < -0.4 is 17.2 Å². The van der Waals surface area contributed by atoms with Gasteiger partial charge in [-0.15, -0.1) is 0 Å². The van der Waals surface area contributed by atoms with Crippen LogP contribution in [0.3, 0.4) is 0 Å². The molecular formula is C10H19N5O6. The molecule has 10 N–H and O–H groups in total. The molecule has 1 atom stereocenters. The van der Waals surface area contributed by atoms with E-state index in [0.29, 0.717) is 5.69 Å². The van der Waals surface area contributed by atoms with E-state index >= 15 is 0 Å². The second-order valence-corrected chi connectivity index (χ2v) is 3.41. The molecule has 120 valence electrons. The van der Waals surface area contributed by atoms with E-state index in [4.69, 9.17) is 21.1 Å². The molecule has 0 radical (unpaired) electrons. The Bertz CT molecular complexity index is 408. The number of H-pyrrole nitrogens is 1. The minimum atomic E-state index is -1.01. The molecule has 1 aromatic rings. The van der Waals surface area contributed by atoms with Crippen molar-refractivity contribution >= 4 is 17.9 Å². The van der Waals surface area contributed by atoms with Gasteiger partial charge in [0.05, 0.1) is 25.1 Å². The van der Waals surface area contributed by atoms with Crippen molar-refractivity contribution in [3.63, 3.8) is 0 Å². The summed E-state index contributed by atoms with van der Waals surface area (Å²) in [4.78, 5) is 35.3. The van der Waals surface area contributed by atoms with Crippen molar-refractivity contribution in [1.29, 1.82) is 0 Å². The van der Waals surface area contributed by atoms with Gasteiger partial charge in [0.1, 0.15) is 6.04 Å². The number of carboxylic acids is 3. The van der Waals surface area contributed by atoms with Crippen molar-refractivity contribution in [3.8, 4) is 0 Å². The summed E-state index contributed by atoms with van der Waals surface area (Å²) in [6.07, 6.45) is 3.38. The Morgan fingerprint density at radius 3 is 1.81 bits per heavy atom. The number of aromatic nitrogens is 2. The van der Waals surface area contributed by atoms with Gasteiger partial charge in [0.25, 0.3) is 0 Å². The Morgan fingerprint density at radius 1 is 1.14 bits per heavy atom. The molecule has 0 aliphatic carbocycles. The average Bonchev–Trinajstić information content (AvgIpc) is 2.92. The number of rotatable bonds is 5. The van der Waals surface area contributed by atoms with Crippen molar-refractivity contribution in [3.05, 3.63) is 18.2 Å². The van der Waals surface area contributed by atoms with Gasteiger partial charge in [-0.25, -0.2) is 4.98 Å². The number of nitrogens with zero attached hydrogens (tertiary/aromatic N) is 1. The van der Waals surface area contributed by atoms with E-state index in [1.54, 1.807) is 6.20 Å². The fourth-order valence-corrected chi connectivity index (χ4v) is 0.715. The number of aromatic amines is 1. The second kappa shape index (κ2) is 12.5. The van der Waals surface area contributed by atoms with Gasteiger partial charge in [0, 0.05) is 12.6 Å². The van der Waals surface area contributed by atoms with Crippen LogP contribution in [0, 0.1) is 0 Å². The molecule has 0 fully saturated rings. The van der Waals surface area contributed by atoms with Crippen molar-refractivity contribution in [2.24, 2.45) is 17.2 Å². The summed E-state index contributed by atoms with van der Waals surface area (Å²) >= 11 is 0. The van der Waals surface area contributed by atoms with Crippen molar-refractivity contribution in [2.45, 2.75) is 12.5 Å². The van der Waals surface area contributed by atoms with Crippen LogP contribution in [-0.2, 0) is 20.8 Å². The normalized spacial score (nSPS) is 10.2. The smallest absolute Gasteiger partial charge is 0.320 e. The molecule has 0 saturated heterocycles. The first-order valence-corrected chi connectivity index (χ1v) is 5.54. The predicted octanol–water partition coefficient (Wildman–Crippen LogP) is -2.58. The van der Waals surface area contributed by atoms with Crippen molar-refractivity contribution in [2.75, 3.05) is 13.1 Å². The van der Waals surface area contributed by atoms with E-state index in [-0.39, 0.29) is 19.5 Å². The molecule has 0 aromatic carbocycles. The van der Waals surface area contributed by atoms with Gasteiger partial charge in [-0.1, -0.05) is 0 Å². The zero-order chi connectivity index (χ0) is 16.8. The molecule has 0 unspecified atom stereocenters. The van der Waals surface area contributed by atoms with Crippen molar-refractivity contribution in [1.82, 2.24) is 9.97 Å². The number of aliphatic carboxylic acids is 3. The lowest BCUT2D eigenvalue weighted by molar-refractivity contribution is -0.138. The Labute approximate surface area is 119 Å². The third kappa shape index (κ3) is 15.4. The minimum absolute atomic E-state index is 0.263. The highest BCUT2D eigenvalue weighted by Crippen LogP contribution is 1.95.